The first-order chi connectivity index (χ1) is 13.7. The van der Waals surface area contributed by atoms with E-state index in [4.69, 9.17) is 17.3 Å². The average molecular weight is 488 g/mol. The lowest BCUT2D eigenvalue weighted by molar-refractivity contribution is 0.0969. The summed E-state index contributed by atoms with van der Waals surface area (Å²) in [6.45, 7) is 1.63. The first-order valence-electron chi connectivity index (χ1n) is 8.71. The van der Waals surface area contributed by atoms with Crippen LogP contribution < -0.4 is 11.1 Å². The van der Waals surface area contributed by atoms with E-state index in [2.05, 4.69) is 20.2 Å². The Morgan fingerprint density at radius 2 is 2.17 bits per heavy atom. The van der Waals surface area contributed by atoms with Gasteiger partial charge in [-0.2, -0.15) is 0 Å². The molecule has 0 bridgehead atoms. The van der Waals surface area contributed by atoms with Gasteiger partial charge in [-0.1, -0.05) is 11.6 Å². The van der Waals surface area contributed by atoms with Crippen LogP contribution in [0.2, 0.25) is 5.02 Å². The molecule has 4 N–H and O–H groups in total. The van der Waals surface area contributed by atoms with Gasteiger partial charge < -0.3 is 20.9 Å². The molecule has 4 rings (SSSR count). The summed E-state index contributed by atoms with van der Waals surface area (Å²) in [5, 5.41) is 3.29. The molecule has 0 spiro atoms. The Morgan fingerprint density at radius 1 is 1.40 bits per heavy atom. The van der Waals surface area contributed by atoms with Crippen LogP contribution in [0.5, 0.6) is 0 Å². The number of amides is 1. The van der Waals surface area contributed by atoms with Crippen LogP contribution in [0.4, 0.5) is 0 Å². The number of sulfone groups is 1. The van der Waals surface area contributed by atoms with Gasteiger partial charge in [0.1, 0.15) is 10.1 Å². The third kappa shape index (κ3) is 4.33. The van der Waals surface area contributed by atoms with Gasteiger partial charge in [-0.15, -0.1) is 23.7 Å². The molecule has 0 saturated carbocycles. The number of nitrogens with two attached hydrogens (primary N) is 1. The van der Waals surface area contributed by atoms with Gasteiger partial charge in [0.25, 0.3) is 5.91 Å². The lowest BCUT2D eigenvalue weighted by atomic mass is 10.2. The topological polar surface area (TPSA) is 121 Å². The molecule has 12 heteroatoms. The second-order valence-electron chi connectivity index (χ2n) is 6.77. The van der Waals surface area contributed by atoms with Crippen molar-refractivity contribution in [1.29, 1.82) is 0 Å². The van der Waals surface area contributed by atoms with Gasteiger partial charge in [0, 0.05) is 46.5 Å². The van der Waals surface area contributed by atoms with Crippen molar-refractivity contribution in [1.82, 2.24) is 20.2 Å². The minimum atomic E-state index is -4.00. The Hall–Kier alpha value is -2.11. The maximum absolute atomic E-state index is 12.7. The molecule has 0 saturated heterocycles. The van der Waals surface area contributed by atoms with Crippen LogP contribution in [0.1, 0.15) is 20.4 Å². The number of carbonyl (C=O) groups excluding carboxylic acids is 1. The van der Waals surface area contributed by atoms with Crippen molar-refractivity contribution in [3.63, 3.8) is 0 Å². The van der Waals surface area contributed by atoms with E-state index in [-0.39, 0.29) is 22.4 Å². The maximum Gasteiger partial charge on any atom is 0.284 e. The molecule has 0 fully saturated rings. The summed E-state index contributed by atoms with van der Waals surface area (Å²) in [4.78, 5) is 22.8. The van der Waals surface area contributed by atoms with Crippen LogP contribution in [0.15, 0.2) is 40.5 Å². The molecule has 1 aliphatic heterocycles. The average Bonchev–Trinajstić information content (AvgIpc) is 3.29. The van der Waals surface area contributed by atoms with Gasteiger partial charge in [-0.3, -0.25) is 4.79 Å². The first kappa shape index (κ1) is 22.6. The van der Waals surface area contributed by atoms with E-state index >= 15 is 0 Å². The number of aromatic amines is 1. The highest BCUT2D eigenvalue weighted by molar-refractivity contribution is 7.95. The molecule has 160 valence electrons. The Kier molecular flexibility index (Phi) is 6.44. The molecule has 3 heterocycles. The number of H-pyrrole nitrogens is 1. The second kappa shape index (κ2) is 8.56. The van der Waals surface area contributed by atoms with E-state index < -0.39 is 20.8 Å². The molecule has 1 amide bonds. The SMILES string of the molecule is CN1CCc2nc(C(=O)N/C=C(/N)S(=O)(=O)c3cc4cc(Cl)ccc4[nH]3)sc2C1.Cl. The summed E-state index contributed by atoms with van der Waals surface area (Å²) in [6, 6.07) is 6.43. The fourth-order valence-electron chi connectivity index (χ4n) is 3.04. The zero-order valence-electron chi connectivity index (χ0n) is 15.8. The van der Waals surface area contributed by atoms with Crippen LogP contribution in [-0.4, -0.2) is 42.8 Å². The number of rotatable bonds is 4. The Balaban J connectivity index is 0.00000256. The summed E-state index contributed by atoms with van der Waals surface area (Å²) in [5.74, 6) is -0.492. The summed E-state index contributed by atoms with van der Waals surface area (Å²) >= 11 is 7.24. The van der Waals surface area contributed by atoms with Crippen LogP contribution in [0.25, 0.3) is 10.9 Å². The molecule has 0 unspecified atom stereocenters. The van der Waals surface area contributed by atoms with Gasteiger partial charge in [0.05, 0.1) is 5.69 Å². The van der Waals surface area contributed by atoms with Crippen molar-refractivity contribution in [2.75, 3.05) is 13.6 Å². The van der Waals surface area contributed by atoms with Gasteiger partial charge in [0.2, 0.25) is 9.84 Å². The zero-order chi connectivity index (χ0) is 20.8. The summed E-state index contributed by atoms with van der Waals surface area (Å²) in [6.07, 6.45) is 1.77. The third-order valence-electron chi connectivity index (χ3n) is 4.62. The molecule has 0 atom stereocenters. The number of hydrogen-bond acceptors (Lipinski definition) is 7. The molecule has 0 aliphatic carbocycles. The maximum atomic E-state index is 12.7. The number of nitrogens with one attached hydrogen (secondary N) is 2. The van der Waals surface area contributed by atoms with Gasteiger partial charge in [-0.25, -0.2) is 13.4 Å². The highest BCUT2D eigenvalue weighted by Crippen LogP contribution is 2.25. The molecular weight excluding hydrogens is 469 g/mol. The number of benzene rings is 1. The number of carbonyl (C=O) groups is 1. The molecule has 3 aromatic rings. The van der Waals surface area contributed by atoms with Crippen molar-refractivity contribution < 1.29 is 13.2 Å². The number of nitrogens with zero attached hydrogens (tertiary/aromatic N) is 2. The van der Waals surface area contributed by atoms with Crippen LogP contribution in [0, 0.1) is 0 Å². The Bertz CT molecular complexity index is 1250. The first-order valence-corrected chi connectivity index (χ1v) is 11.4. The second-order valence-corrected chi connectivity index (χ2v) is 10.2. The van der Waals surface area contributed by atoms with Crippen molar-refractivity contribution in [2.24, 2.45) is 5.73 Å². The van der Waals surface area contributed by atoms with Crippen molar-refractivity contribution in [3.8, 4) is 0 Å². The molecule has 1 aliphatic rings. The predicted octanol–water partition coefficient (Wildman–Crippen LogP) is 2.65. The predicted molar refractivity (Wildman–Crippen MR) is 120 cm³/mol. The fraction of sp³-hybridized carbons (Fsp3) is 0.222. The molecule has 8 nitrogen and oxygen atoms in total. The normalized spacial score (nSPS) is 14.9. The number of hydrogen-bond donors (Lipinski definition) is 3. The van der Waals surface area contributed by atoms with Crippen molar-refractivity contribution >= 4 is 62.0 Å². The fourth-order valence-corrected chi connectivity index (χ4v) is 5.31. The number of aromatic nitrogens is 2. The highest BCUT2D eigenvalue weighted by atomic mass is 35.5. The van der Waals surface area contributed by atoms with E-state index in [1.165, 1.54) is 17.4 Å². The number of halogens is 2. The Morgan fingerprint density at radius 3 is 2.93 bits per heavy atom. The van der Waals surface area contributed by atoms with Gasteiger partial charge in [0.15, 0.2) is 5.01 Å². The van der Waals surface area contributed by atoms with Gasteiger partial charge in [-0.05, 0) is 31.3 Å². The molecular formula is C18H19Cl2N5O3S2. The van der Waals surface area contributed by atoms with E-state index in [0.29, 0.717) is 15.9 Å². The minimum absolute atomic E-state index is 0. The minimum Gasteiger partial charge on any atom is -0.388 e. The van der Waals surface area contributed by atoms with Crippen LogP contribution in [0.3, 0.4) is 0 Å². The molecule has 30 heavy (non-hydrogen) atoms. The molecule has 0 radical (unpaired) electrons. The van der Waals surface area contributed by atoms with E-state index in [0.717, 1.165) is 36.3 Å². The number of likely N-dealkylation sites (N-methyl/N-ethyl adjacent to an activating group) is 1. The van der Waals surface area contributed by atoms with Gasteiger partial charge >= 0.3 is 0 Å². The van der Waals surface area contributed by atoms with E-state index in [1.807, 2.05) is 7.05 Å². The largest absolute Gasteiger partial charge is 0.388 e. The monoisotopic (exact) mass is 487 g/mol. The van der Waals surface area contributed by atoms with Crippen LogP contribution >= 0.6 is 35.3 Å². The van der Waals surface area contributed by atoms with E-state index in [1.54, 1.807) is 18.2 Å². The standard InChI is InChI=1S/C18H18ClN5O3S2.ClH/c1-24-5-4-13-14(9-24)28-18(23-13)17(25)21-8-15(20)29(26,27)16-7-10-6-11(19)2-3-12(10)22-16;/h2-3,6-8,22H,4-5,9,20H2,1H3,(H,21,25);1H/b15-8-;. The highest BCUT2D eigenvalue weighted by Gasteiger charge is 2.23. The number of fused-ring (bicyclic) bond motifs is 2. The van der Waals surface area contributed by atoms with Crippen molar-refractivity contribution in [2.45, 2.75) is 18.0 Å². The molecule has 1 aromatic carbocycles. The molecule has 2 aromatic heterocycles. The number of thiazole rings is 1. The van der Waals surface area contributed by atoms with Crippen LogP contribution in [-0.2, 0) is 22.8 Å². The smallest absolute Gasteiger partial charge is 0.284 e. The quantitative estimate of drug-likeness (QED) is 0.519. The lowest BCUT2D eigenvalue weighted by Gasteiger charge is -2.20. The van der Waals surface area contributed by atoms with E-state index in [9.17, 15) is 13.2 Å². The summed E-state index contributed by atoms with van der Waals surface area (Å²) in [7, 11) is -1.99. The summed E-state index contributed by atoms with van der Waals surface area (Å²) < 4.78 is 25.4. The summed E-state index contributed by atoms with van der Waals surface area (Å²) in [5.41, 5.74) is 7.30. The zero-order valence-corrected chi connectivity index (χ0v) is 19.0. The Labute approximate surface area is 188 Å². The van der Waals surface area contributed by atoms with Crippen molar-refractivity contribution in [3.05, 3.63) is 56.1 Å². The third-order valence-corrected chi connectivity index (χ3v) is 7.47. The lowest BCUT2D eigenvalue weighted by Crippen LogP contribution is -2.25.